The maximum atomic E-state index is 14.0. The fraction of sp³-hybridized carbons (Fsp3) is 0.364. The van der Waals surface area contributed by atoms with Crippen molar-refractivity contribution in [1.29, 1.82) is 0 Å². The van der Waals surface area contributed by atoms with E-state index in [1.54, 1.807) is 0 Å². The molecule has 7 nitrogen and oxygen atoms in total. The molecule has 0 aromatic heterocycles. The van der Waals surface area contributed by atoms with Gasteiger partial charge in [0.15, 0.2) is 5.82 Å². The highest BCUT2D eigenvalue weighted by atomic mass is 35.5. The first-order chi connectivity index (χ1) is 9.64. The van der Waals surface area contributed by atoms with Gasteiger partial charge in [0.05, 0.1) is 11.8 Å². The molecule has 1 aliphatic heterocycles. The van der Waals surface area contributed by atoms with Crippen LogP contribution in [-0.4, -0.2) is 42.4 Å². The number of anilines is 1. The van der Waals surface area contributed by atoms with Crippen LogP contribution < -0.4 is 11.5 Å². The van der Waals surface area contributed by atoms with E-state index in [0.717, 1.165) is 12.1 Å². The van der Waals surface area contributed by atoms with E-state index in [9.17, 15) is 22.7 Å². The highest BCUT2D eigenvalue weighted by Gasteiger charge is 2.43. The second-order valence-electron chi connectivity index (χ2n) is 4.69. The molecule has 21 heavy (non-hydrogen) atoms. The fourth-order valence-electron chi connectivity index (χ4n) is 2.21. The zero-order valence-electron chi connectivity index (χ0n) is 10.7. The molecule has 1 fully saturated rings. The molecule has 2 atom stereocenters. The quantitative estimate of drug-likeness (QED) is 0.651. The van der Waals surface area contributed by atoms with Crippen molar-refractivity contribution in [2.75, 3.05) is 12.3 Å². The summed E-state index contributed by atoms with van der Waals surface area (Å²) in [6, 6.07) is 0.718. The summed E-state index contributed by atoms with van der Waals surface area (Å²) in [4.78, 5) is 10.6. The van der Waals surface area contributed by atoms with Gasteiger partial charge in [0.25, 0.3) is 0 Å². The molecule has 0 aliphatic carbocycles. The number of primary amides is 1. The van der Waals surface area contributed by atoms with Gasteiger partial charge in [-0.3, -0.25) is 4.79 Å². The number of carbonyl (C=O) groups is 1. The first-order valence-electron chi connectivity index (χ1n) is 5.88. The molecule has 0 spiro atoms. The van der Waals surface area contributed by atoms with Crippen molar-refractivity contribution in [3.05, 3.63) is 23.0 Å². The van der Waals surface area contributed by atoms with E-state index in [-0.39, 0.29) is 18.0 Å². The van der Waals surface area contributed by atoms with Gasteiger partial charge in [-0.25, -0.2) is 12.8 Å². The molecule has 1 aromatic rings. The number of β-amino-alcohol motifs (C(OH)–C–C–N with tert-alkyl or cyclic N) is 1. The molecule has 5 N–H and O–H groups in total. The van der Waals surface area contributed by atoms with Crippen molar-refractivity contribution in [1.82, 2.24) is 4.31 Å². The second-order valence-corrected chi connectivity index (χ2v) is 6.98. The fourth-order valence-corrected chi connectivity index (χ4v) is 4.26. The molecule has 1 heterocycles. The Balaban J connectivity index is 2.54. The number of aliphatic hydroxyl groups is 1. The Bertz CT molecular complexity index is 697. The Kier molecular flexibility index (Phi) is 4.11. The van der Waals surface area contributed by atoms with Crippen LogP contribution in [0.15, 0.2) is 17.0 Å². The van der Waals surface area contributed by atoms with Crippen molar-refractivity contribution in [3.8, 4) is 0 Å². The van der Waals surface area contributed by atoms with Crippen LogP contribution in [0.4, 0.5) is 10.1 Å². The van der Waals surface area contributed by atoms with Gasteiger partial charge < -0.3 is 16.6 Å². The Labute approximate surface area is 125 Å². The van der Waals surface area contributed by atoms with Gasteiger partial charge in [-0.15, -0.1) is 0 Å². The lowest BCUT2D eigenvalue weighted by atomic mass is 10.2. The molecule has 1 aromatic carbocycles. The minimum Gasteiger partial charge on any atom is -0.396 e. The third kappa shape index (κ3) is 2.82. The number of hydrogen-bond donors (Lipinski definition) is 3. The summed E-state index contributed by atoms with van der Waals surface area (Å²) in [5.74, 6) is -2.09. The van der Waals surface area contributed by atoms with E-state index >= 15 is 0 Å². The number of nitrogens with two attached hydrogens (primary N) is 2. The number of aliphatic hydroxyl groups excluding tert-OH is 1. The third-order valence-electron chi connectivity index (χ3n) is 3.18. The highest BCUT2D eigenvalue weighted by molar-refractivity contribution is 7.89. The third-order valence-corrected chi connectivity index (χ3v) is 5.27. The zero-order valence-corrected chi connectivity index (χ0v) is 12.2. The van der Waals surface area contributed by atoms with Crippen molar-refractivity contribution >= 4 is 33.2 Å². The SMILES string of the molecule is NC(=O)C1CC(O)CN1S(=O)(=O)c1cc(Cl)cc(N)c1F. The van der Waals surface area contributed by atoms with E-state index in [2.05, 4.69) is 0 Å². The second kappa shape index (κ2) is 5.41. The molecule has 0 bridgehead atoms. The first-order valence-corrected chi connectivity index (χ1v) is 7.70. The van der Waals surface area contributed by atoms with Gasteiger partial charge in [-0.1, -0.05) is 11.6 Å². The maximum Gasteiger partial charge on any atom is 0.246 e. The molecule has 0 radical (unpaired) electrons. The summed E-state index contributed by atoms with van der Waals surface area (Å²) in [6.07, 6.45) is -1.21. The standard InChI is InChI=1S/C11H13ClFN3O4S/c12-5-1-7(14)10(13)9(2-5)21(19,20)16-4-6(17)3-8(16)11(15)18/h1-2,6,8,17H,3-4,14H2,(H2,15,18). The summed E-state index contributed by atoms with van der Waals surface area (Å²) in [5, 5.41) is 9.48. The van der Waals surface area contributed by atoms with E-state index in [1.165, 1.54) is 0 Å². The van der Waals surface area contributed by atoms with Gasteiger partial charge in [-0.2, -0.15) is 4.31 Å². The number of amides is 1. The molecule has 2 rings (SSSR count). The molecule has 1 saturated heterocycles. The average molecular weight is 338 g/mol. The number of carbonyl (C=O) groups excluding carboxylic acids is 1. The number of hydrogen-bond acceptors (Lipinski definition) is 5. The van der Waals surface area contributed by atoms with Gasteiger partial charge in [0, 0.05) is 18.0 Å². The average Bonchev–Trinajstić information content (AvgIpc) is 2.76. The lowest BCUT2D eigenvalue weighted by Crippen LogP contribution is -2.43. The van der Waals surface area contributed by atoms with Crippen LogP contribution in [0.25, 0.3) is 0 Å². The van der Waals surface area contributed by atoms with Crippen LogP contribution >= 0.6 is 11.6 Å². The summed E-state index contributed by atoms with van der Waals surface area (Å²) in [6.45, 7) is -0.359. The van der Waals surface area contributed by atoms with Crippen LogP contribution in [0.3, 0.4) is 0 Å². The molecule has 1 aliphatic rings. The highest BCUT2D eigenvalue weighted by Crippen LogP contribution is 2.31. The van der Waals surface area contributed by atoms with E-state index in [0.29, 0.717) is 4.31 Å². The molecule has 10 heteroatoms. The maximum absolute atomic E-state index is 14.0. The van der Waals surface area contributed by atoms with Gasteiger partial charge in [-0.05, 0) is 12.1 Å². The Hall–Kier alpha value is -1.42. The minimum atomic E-state index is -4.41. The number of sulfonamides is 1. The Morgan fingerprint density at radius 2 is 2.10 bits per heavy atom. The summed E-state index contributed by atoms with van der Waals surface area (Å²) in [5.41, 5.74) is 10.0. The predicted molar refractivity (Wildman–Crippen MR) is 73.3 cm³/mol. The van der Waals surface area contributed by atoms with Crippen molar-refractivity contribution < 1.29 is 22.7 Å². The van der Waals surface area contributed by atoms with Gasteiger partial charge in [0.1, 0.15) is 10.9 Å². The number of benzene rings is 1. The zero-order chi connectivity index (χ0) is 15.9. The van der Waals surface area contributed by atoms with Crippen LogP contribution in [0.5, 0.6) is 0 Å². The van der Waals surface area contributed by atoms with Gasteiger partial charge in [0.2, 0.25) is 15.9 Å². The largest absolute Gasteiger partial charge is 0.396 e. The molecule has 0 saturated carbocycles. The van der Waals surface area contributed by atoms with Crippen LogP contribution in [-0.2, 0) is 14.8 Å². The normalized spacial score (nSPS) is 23.4. The number of nitrogen functional groups attached to an aromatic ring is 1. The summed E-state index contributed by atoms with van der Waals surface area (Å²) < 4.78 is 39.6. The van der Waals surface area contributed by atoms with Crippen molar-refractivity contribution in [3.63, 3.8) is 0 Å². The molecular weight excluding hydrogens is 325 g/mol. The van der Waals surface area contributed by atoms with Crippen LogP contribution in [0.1, 0.15) is 6.42 Å². The number of nitrogens with zero attached hydrogens (tertiary/aromatic N) is 1. The van der Waals surface area contributed by atoms with E-state index < -0.39 is 44.5 Å². The van der Waals surface area contributed by atoms with E-state index in [4.69, 9.17) is 23.1 Å². The summed E-state index contributed by atoms with van der Waals surface area (Å²) in [7, 11) is -4.41. The number of halogens is 2. The predicted octanol–water partition coefficient (Wildman–Crippen LogP) is -0.330. The first kappa shape index (κ1) is 16.0. The Morgan fingerprint density at radius 1 is 1.48 bits per heavy atom. The van der Waals surface area contributed by atoms with Crippen LogP contribution in [0.2, 0.25) is 5.02 Å². The molecule has 1 amide bonds. The lowest BCUT2D eigenvalue weighted by Gasteiger charge is -2.22. The molecular formula is C11H13ClFN3O4S. The van der Waals surface area contributed by atoms with Crippen LogP contribution in [0, 0.1) is 5.82 Å². The van der Waals surface area contributed by atoms with Crippen molar-refractivity contribution in [2.45, 2.75) is 23.5 Å². The summed E-state index contributed by atoms with van der Waals surface area (Å²) >= 11 is 5.69. The smallest absolute Gasteiger partial charge is 0.246 e. The van der Waals surface area contributed by atoms with E-state index in [1.807, 2.05) is 0 Å². The minimum absolute atomic E-state index is 0.0668. The molecule has 116 valence electrons. The van der Waals surface area contributed by atoms with Gasteiger partial charge >= 0.3 is 0 Å². The Morgan fingerprint density at radius 3 is 2.67 bits per heavy atom. The lowest BCUT2D eigenvalue weighted by molar-refractivity contribution is -0.121. The monoisotopic (exact) mass is 337 g/mol. The number of rotatable bonds is 3. The topological polar surface area (TPSA) is 127 Å². The molecule has 2 unspecified atom stereocenters. The van der Waals surface area contributed by atoms with Crippen molar-refractivity contribution in [2.24, 2.45) is 5.73 Å².